The summed E-state index contributed by atoms with van der Waals surface area (Å²) in [7, 11) is 0. The summed E-state index contributed by atoms with van der Waals surface area (Å²) in [6.07, 6.45) is 2.92. The molecule has 1 atom stereocenters. The van der Waals surface area contributed by atoms with Crippen molar-refractivity contribution in [2.75, 3.05) is 12.4 Å². The fraction of sp³-hybridized carbons (Fsp3) is 0.750. The van der Waals surface area contributed by atoms with E-state index in [4.69, 9.17) is 4.74 Å². The van der Waals surface area contributed by atoms with Gasteiger partial charge in [-0.25, -0.2) is 0 Å². The van der Waals surface area contributed by atoms with Gasteiger partial charge in [-0.1, -0.05) is 0 Å². The third kappa shape index (κ3) is 3.26. The van der Waals surface area contributed by atoms with Gasteiger partial charge < -0.3 is 4.74 Å². The molecule has 2 rings (SSSR count). The molecule has 5 heteroatoms. The second-order valence-corrected chi connectivity index (χ2v) is 6.14. The summed E-state index contributed by atoms with van der Waals surface area (Å²) in [6, 6.07) is 0. The third-order valence-corrected chi connectivity index (χ3v) is 5.14. The topological polar surface area (TPSA) is 27.1 Å². The van der Waals surface area contributed by atoms with Gasteiger partial charge in [0.1, 0.15) is 0 Å². The first-order valence-corrected chi connectivity index (χ1v) is 8.08. The molecule has 1 aliphatic heterocycles. The molecule has 1 saturated heterocycles. The Kier molecular flexibility index (Phi) is 4.94. The van der Waals surface area contributed by atoms with Crippen LogP contribution in [0, 0.1) is 6.92 Å². The summed E-state index contributed by atoms with van der Waals surface area (Å²) in [5, 5.41) is 4.50. The molecule has 0 aromatic carbocycles. The standard InChI is InChI=1S/C12H19BrN2OS/c1-3-15-11(12(13)9(2)14-15)8-17-7-10-5-4-6-16-10/h10H,3-8H2,1-2H3. The minimum Gasteiger partial charge on any atom is -0.377 e. The number of aromatic nitrogens is 2. The van der Waals surface area contributed by atoms with Crippen molar-refractivity contribution >= 4 is 27.7 Å². The van der Waals surface area contributed by atoms with Crippen molar-refractivity contribution in [3.8, 4) is 0 Å². The molecular weight excluding hydrogens is 300 g/mol. The quantitative estimate of drug-likeness (QED) is 0.832. The van der Waals surface area contributed by atoms with Crippen molar-refractivity contribution in [1.29, 1.82) is 0 Å². The highest BCUT2D eigenvalue weighted by atomic mass is 79.9. The minimum absolute atomic E-state index is 0.470. The lowest BCUT2D eigenvalue weighted by Gasteiger charge is -2.09. The largest absolute Gasteiger partial charge is 0.377 e. The van der Waals surface area contributed by atoms with Crippen LogP contribution in [0.25, 0.3) is 0 Å². The van der Waals surface area contributed by atoms with E-state index in [0.717, 1.165) is 30.4 Å². The second kappa shape index (κ2) is 6.25. The van der Waals surface area contributed by atoms with E-state index in [9.17, 15) is 0 Å². The molecule has 0 aliphatic carbocycles. The first kappa shape index (κ1) is 13.4. The zero-order valence-electron chi connectivity index (χ0n) is 10.4. The summed E-state index contributed by atoms with van der Waals surface area (Å²) in [4.78, 5) is 0. The molecule has 0 amide bonds. The fourth-order valence-electron chi connectivity index (χ4n) is 2.07. The molecule has 0 bridgehead atoms. The molecule has 0 spiro atoms. The van der Waals surface area contributed by atoms with Crippen LogP contribution in [-0.4, -0.2) is 28.2 Å². The summed E-state index contributed by atoms with van der Waals surface area (Å²) in [6.45, 7) is 6.06. The second-order valence-electron chi connectivity index (χ2n) is 4.31. The van der Waals surface area contributed by atoms with Crippen molar-refractivity contribution < 1.29 is 4.74 Å². The third-order valence-electron chi connectivity index (χ3n) is 3.02. The average molecular weight is 319 g/mol. The predicted octanol–water partition coefficient (Wildman–Crippen LogP) is 3.39. The van der Waals surface area contributed by atoms with Crippen LogP contribution in [0.4, 0.5) is 0 Å². The van der Waals surface area contributed by atoms with Gasteiger partial charge in [-0.05, 0) is 42.6 Å². The summed E-state index contributed by atoms with van der Waals surface area (Å²) in [5.41, 5.74) is 2.38. The summed E-state index contributed by atoms with van der Waals surface area (Å²) < 4.78 is 8.88. The van der Waals surface area contributed by atoms with Crippen LogP contribution < -0.4 is 0 Å². The van der Waals surface area contributed by atoms with Crippen LogP contribution >= 0.6 is 27.7 Å². The van der Waals surface area contributed by atoms with Crippen molar-refractivity contribution in [3.05, 3.63) is 15.9 Å². The Morgan fingerprint density at radius 1 is 1.59 bits per heavy atom. The van der Waals surface area contributed by atoms with E-state index in [1.54, 1.807) is 0 Å². The number of hydrogen-bond acceptors (Lipinski definition) is 3. The van der Waals surface area contributed by atoms with Crippen LogP contribution in [0.15, 0.2) is 4.47 Å². The van der Waals surface area contributed by atoms with E-state index in [0.29, 0.717) is 6.10 Å². The highest BCUT2D eigenvalue weighted by Gasteiger charge is 2.17. The lowest BCUT2D eigenvalue weighted by molar-refractivity contribution is 0.129. The molecule has 1 aromatic rings. The van der Waals surface area contributed by atoms with Crippen molar-refractivity contribution in [2.45, 2.75) is 45.1 Å². The van der Waals surface area contributed by atoms with Gasteiger partial charge in [-0.3, -0.25) is 4.68 Å². The lowest BCUT2D eigenvalue weighted by Crippen LogP contribution is -2.09. The van der Waals surface area contributed by atoms with Crippen LogP contribution in [0.5, 0.6) is 0 Å². The van der Waals surface area contributed by atoms with Crippen molar-refractivity contribution in [1.82, 2.24) is 9.78 Å². The normalized spacial score (nSPS) is 20.1. The molecule has 2 heterocycles. The monoisotopic (exact) mass is 318 g/mol. The summed E-state index contributed by atoms with van der Waals surface area (Å²) >= 11 is 5.57. The molecule has 1 aliphatic rings. The van der Waals surface area contributed by atoms with Gasteiger partial charge in [0.05, 0.1) is 22.0 Å². The smallest absolute Gasteiger partial charge is 0.0739 e. The molecule has 0 radical (unpaired) electrons. The van der Waals surface area contributed by atoms with E-state index >= 15 is 0 Å². The van der Waals surface area contributed by atoms with Gasteiger partial charge in [0, 0.05) is 24.7 Å². The maximum atomic E-state index is 5.63. The van der Waals surface area contributed by atoms with Gasteiger partial charge in [0.25, 0.3) is 0 Å². The van der Waals surface area contributed by atoms with Crippen LogP contribution in [0.2, 0.25) is 0 Å². The van der Waals surface area contributed by atoms with Crippen molar-refractivity contribution in [3.63, 3.8) is 0 Å². The van der Waals surface area contributed by atoms with Crippen LogP contribution in [-0.2, 0) is 17.0 Å². The zero-order valence-corrected chi connectivity index (χ0v) is 12.8. The molecule has 1 unspecified atom stereocenters. The zero-order chi connectivity index (χ0) is 12.3. The maximum absolute atomic E-state index is 5.63. The molecule has 1 aromatic heterocycles. The molecule has 3 nitrogen and oxygen atoms in total. The molecule has 0 saturated carbocycles. The first-order chi connectivity index (χ1) is 8.22. The molecule has 17 heavy (non-hydrogen) atoms. The Morgan fingerprint density at radius 3 is 3.06 bits per heavy atom. The first-order valence-electron chi connectivity index (χ1n) is 6.13. The molecular formula is C12H19BrN2OS. The molecule has 96 valence electrons. The number of ether oxygens (including phenoxy) is 1. The molecule has 1 fully saturated rings. The van der Waals surface area contributed by atoms with E-state index in [2.05, 4.69) is 32.6 Å². The lowest BCUT2D eigenvalue weighted by atomic mass is 10.3. The number of thioether (sulfide) groups is 1. The van der Waals surface area contributed by atoms with Gasteiger partial charge in [0.15, 0.2) is 0 Å². The Hall–Kier alpha value is -0.0000000000000000763. The molecule has 0 N–H and O–H groups in total. The van der Waals surface area contributed by atoms with Crippen LogP contribution in [0.3, 0.4) is 0 Å². The highest BCUT2D eigenvalue weighted by Crippen LogP contribution is 2.26. The predicted molar refractivity (Wildman–Crippen MR) is 75.5 cm³/mol. The highest BCUT2D eigenvalue weighted by molar-refractivity contribution is 9.10. The SMILES string of the molecule is CCn1nc(C)c(Br)c1CSCC1CCCO1. The van der Waals surface area contributed by atoms with E-state index in [1.165, 1.54) is 23.0 Å². The Labute approximate surface area is 115 Å². The van der Waals surface area contributed by atoms with Crippen LogP contribution in [0.1, 0.15) is 31.2 Å². The number of hydrogen-bond donors (Lipinski definition) is 0. The van der Waals surface area contributed by atoms with E-state index in [-0.39, 0.29) is 0 Å². The number of aryl methyl sites for hydroxylation is 2. The van der Waals surface area contributed by atoms with E-state index < -0.39 is 0 Å². The Morgan fingerprint density at radius 2 is 2.41 bits per heavy atom. The number of rotatable bonds is 5. The maximum Gasteiger partial charge on any atom is 0.0739 e. The number of nitrogens with zero attached hydrogens (tertiary/aromatic N) is 2. The van der Waals surface area contributed by atoms with Gasteiger partial charge in [-0.15, -0.1) is 0 Å². The van der Waals surface area contributed by atoms with Gasteiger partial charge >= 0.3 is 0 Å². The van der Waals surface area contributed by atoms with Gasteiger partial charge in [-0.2, -0.15) is 16.9 Å². The van der Waals surface area contributed by atoms with Crippen molar-refractivity contribution in [2.24, 2.45) is 0 Å². The van der Waals surface area contributed by atoms with E-state index in [1.807, 2.05) is 18.7 Å². The van der Waals surface area contributed by atoms with Gasteiger partial charge in [0.2, 0.25) is 0 Å². The Balaban J connectivity index is 1.89. The Bertz CT molecular complexity index is 375. The summed E-state index contributed by atoms with van der Waals surface area (Å²) in [5.74, 6) is 2.11. The number of halogens is 1. The minimum atomic E-state index is 0.470. The fourth-order valence-corrected chi connectivity index (χ4v) is 3.81. The average Bonchev–Trinajstić information content (AvgIpc) is 2.92.